The number of hydrogen-bond acceptors (Lipinski definition) is 4. The zero-order valence-electron chi connectivity index (χ0n) is 17.3. The number of hydrogen-bond donors (Lipinski definition) is 0. The maximum absolute atomic E-state index is 4.85. The van der Waals surface area contributed by atoms with Crippen LogP contribution in [0.15, 0.2) is 118 Å². The second kappa shape index (κ2) is 8.70. The largest absolute Gasteiger partial charge is 0.340 e. The van der Waals surface area contributed by atoms with E-state index in [1.807, 2.05) is 59.4 Å². The van der Waals surface area contributed by atoms with Crippen molar-refractivity contribution < 1.29 is 0 Å². The SMILES string of the molecule is CCN1c2ccccc2Sc2cc(/C=N/N(c3ccccc3)c3ccccc3)ccc21. The molecule has 0 radical (unpaired) electrons. The van der Waals surface area contributed by atoms with Crippen LogP contribution < -0.4 is 9.91 Å². The van der Waals surface area contributed by atoms with Gasteiger partial charge in [0.05, 0.1) is 29.0 Å². The molecular weight excluding hydrogens is 398 g/mol. The zero-order chi connectivity index (χ0) is 21.0. The highest BCUT2D eigenvalue weighted by Gasteiger charge is 2.22. The Bertz CT molecular complexity index is 1170. The Morgan fingerprint density at radius 1 is 0.742 bits per heavy atom. The fourth-order valence-electron chi connectivity index (χ4n) is 3.82. The second-order valence-electron chi connectivity index (χ2n) is 7.27. The average molecular weight is 422 g/mol. The molecule has 0 aliphatic carbocycles. The van der Waals surface area contributed by atoms with E-state index in [4.69, 9.17) is 5.10 Å². The van der Waals surface area contributed by atoms with Crippen LogP contribution in [0.3, 0.4) is 0 Å². The number of nitrogens with zero attached hydrogens (tertiary/aromatic N) is 3. The number of anilines is 4. The Hall–Kier alpha value is -3.50. The molecule has 0 N–H and O–H groups in total. The summed E-state index contributed by atoms with van der Waals surface area (Å²) < 4.78 is 0. The van der Waals surface area contributed by atoms with Crippen molar-refractivity contribution in [2.75, 3.05) is 16.5 Å². The summed E-state index contributed by atoms with van der Waals surface area (Å²) >= 11 is 1.83. The Morgan fingerprint density at radius 2 is 1.35 bits per heavy atom. The number of fused-ring (bicyclic) bond motifs is 2. The molecule has 31 heavy (non-hydrogen) atoms. The summed E-state index contributed by atoms with van der Waals surface area (Å²) in [6, 6.07) is 35.7. The van der Waals surface area contributed by atoms with E-state index in [1.54, 1.807) is 0 Å². The average Bonchev–Trinajstić information content (AvgIpc) is 2.84. The number of para-hydroxylation sites is 3. The molecule has 0 spiro atoms. The summed E-state index contributed by atoms with van der Waals surface area (Å²) in [5, 5.41) is 6.82. The topological polar surface area (TPSA) is 18.8 Å². The van der Waals surface area contributed by atoms with Crippen LogP contribution >= 0.6 is 11.8 Å². The van der Waals surface area contributed by atoms with E-state index in [1.165, 1.54) is 21.2 Å². The van der Waals surface area contributed by atoms with Crippen LogP contribution in [-0.4, -0.2) is 12.8 Å². The van der Waals surface area contributed by atoms with Gasteiger partial charge in [-0.3, -0.25) is 0 Å². The van der Waals surface area contributed by atoms with Crippen molar-refractivity contribution in [3.8, 4) is 0 Å². The summed E-state index contributed by atoms with van der Waals surface area (Å²) in [4.78, 5) is 4.93. The first-order valence-electron chi connectivity index (χ1n) is 10.5. The molecule has 4 aromatic carbocycles. The molecule has 0 atom stereocenters. The van der Waals surface area contributed by atoms with Crippen molar-refractivity contribution in [1.29, 1.82) is 0 Å². The Balaban J connectivity index is 1.49. The van der Waals surface area contributed by atoms with Gasteiger partial charge >= 0.3 is 0 Å². The lowest BCUT2D eigenvalue weighted by atomic mass is 10.1. The lowest BCUT2D eigenvalue weighted by Crippen LogP contribution is -2.20. The molecule has 4 heteroatoms. The van der Waals surface area contributed by atoms with Crippen LogP contribution in [0.25, 0.3) is 0 Å². The normalized spacial score (nSPS) is 12.5. The highest BCUT2D eigenvalue weighted by Crippen LogP contribution is 2.48. The number of rotatable bonds is 5. The van der Waals surface area contributed by atoms with Crippen LogP contribution in [0.2, 0.25) is 0 Å². The Kier molecular flexibility index (Phi) is 5.46. The molecule has 0 saturated heterocycles. The van der Waals surface area contributed by atoms with Gasteiger partial charge in [0.25, 0.3) is 0 Å². The molecule has 4 aromatic rings. The third-order valence-corrected chi connectivity index (χ3v) is 6.40. The standard InChI is InChI=1S/C27H23N3S/c1-2-29-24-15-9-10-16-26(24)31-27-19-21(17-18-25(27)29)20-28-30(22-11-5-3-6-12-22)23-13-7-4-8-14-23/h3-20H,2H2,1H3/b28-20+. The first kappa shape index (κ1) is 19.5. The van der Waals surface area contributed by atoms with Gasteiger partial charge in [0, 0.05) is 16.3 Å². The van der Waals surface area contributed by atoms with Crippen molar-refractivity contribution in [3.05, 3.63) is 109 Å². The van der Waals surface area contributed by atoms with Crippen LogP contribution in [0.5, 0.6) is 0 Å². The number of hydrazone groups is 1. The van der Waals surface area contributed by atoms with Crippen LogP contribution in [-0.2, 0) is 0 Å². The highest BCUT2D eigenvalue weighted by molar-refractivity contribution is 7.99. The van der Waals surface area contributed by atoms with E-state index in [0.717, 1.165) is 23.5 Å². The predicted octanol–water partition coefficient (Wildman–Crippen LogP) is 7.48. The minimum Gasteiger partial charge on any atom is -0.340 e. The van der Waals surface area contributed by atoms with Gasteiger partial charge in [0.15, 0.2) is 0 Å². The van der Waals surface area contributed by atoms with Gasteiger partial charge in [-0.2, -0.15) is 5.10 Å². The van der Waals surface area contributed by atoms with Gasteiger partial charge in [0.1, 0.15) is 0 Å². The lowest BCUT2D eigenvalue weighted by molar-refractivity contribution is 0.979. The predicted molar refractivity (Wildman–Crippen MR) is 132 cm³/mol. The summed E-state index contributed by atoms with van der Waals surface area (Å²) in [6.45, 7) is 3.14. The van der Waals surface area contributed by atoms with E-state index >= 15 is 0 Å². The van der Waals surface area contributed by atoms with Gasteiger partial charge in [-0.25, -0.2) is 5.01 Å². The monoisotopic (exact) mass is 421 g/mol. The first-order chi connectivity index (χ1) is 15.3. The summed E-state index contributed by atoms with van der Waals surface area (Å²) in [5.74, 6) is 0. The smallest absolute Gasteiger partial charge is 0.0652 e. The third-order valence-electron chi connectivity index (χ3n) is 5.29. The van der Waals surface area contributed by atoms with Crippen molar-refractivity contribution in [2.45, 2.75) is 16.7 Å². The van der Waals surface area contributed by atoms with Gasteiger partial charge in [-0.15, -0.1) is 0 Å². The van der Waals surface area contributed by atoms with Crippen molar-refractivity contribution in [3.63, 3.8) is 0 Å². The van der Waals surface area contributed by atoms with Crippen molar-refractivity contribution >= 4 is 40.7 Å². The van der Waals surface area contributed by atoms with Crippen LogP contribution in [0, 0.1) is 0 Å². The highest BCUT2D eigenvalue weighted by atomic mass is 32.2. The second-order valence-corrected chi connectivity index (χ2v) is 8.35. The van der Waals surface area contributed by atoms with Crippen LogP contribution in [0.1, 0.15) is 12.5 Å². The maximum Gasteiger partial charge on any atom is 0.0652 e. The molecule has 0 unspecified atom stereocenters. The van der Waals surface area contributed by atoms with Crippen molar-refractivity contribution in [2.24, 2.45) is 5.10 Å². The van der Waals surface area contributed by atoms with Crippen molar-refractivity contribution in [1.82, 2.24) is 0 Å². The van der Waals surface area contributed by atoms with E-state index < -0.39 is 0 Å². The van der Waals surface area contributed by atoms with E-state index in [2.05, 4.69) is 78.6 Å². The molecule has 0 bridgehead atoms. The van der Waals surface area contributed by atoms with Gasteiger partial charge < -0.3 is 4.90 Å². The Morgan fingerprint density at radius 3 is 2.03 bits per heavy atom. The molecule has 3 nitrogen and oxygen atoms in total. The quantitative estimate of drug-likeness (QED) is 0.246. The molecule has 0 aromatic heterocycles. The van der Waals surface area contributed by atoms with Gasteiger partial charge in [0.2, 0.25) is 0 Å². The minimum absolute atomic E-state index is 0.938. The van der Waals surface area contributed by atoms with Crippen LogP contribution in [0.4, 0.5) is 22.7 Å². The molecular formula is C27H23N3S. The van der Waals surface area contributed by atoms with E-state index in [9.17, 15) is 0 Å². The minimum atomic E-state index is 0.938. The van der Waals surface area contributed by atoms with Gasteiger partial charge in [-0.05, 0) is 61.0 Å². The molecule has 0 amide bonds. The lowest BCUT2D eigenvalue weighted by Gasteiger charge is -2.32. The molecule has 1 aliphatic heterocycles. The zero-order valence-corrected chi connectivity index (χ0v) is 18.2. The molecule has 1 aliphatic rings. The molecule has 5 rings (SSSR count). The fraction of sp³-hybridized carbons (Fsp3) is 0.0741. The van der Waals surface area contributed by atoms with Gasteiger partial charge in [-0.1, -0.05) is 66.4 Å². The fourth-order valence-corrected chi connectivity index (χ4v) is 4.96. The molecule has 1 heterocycles. The molecule has 0 fully saturated rings. The summed E-state index contributed by atoms with van der Waals surface area (Å²) in [5.41, 5.74) is 5.68. The maximum atomic E-state index is 4.85. The summed E-state index contributed by atoms with van der Waals surface area (Å²) in [7, 11) is 0. The first-order valence-corrected chi connectivity index (χ1v) is 11.3. The molecule has 152 valence electrons. The summed E-state index contributed by atoms with van der Waals surface area (Å²) in [6.07, 6.45) is 1.94. The van der Waals surface area contributed by atoms with E-state index in [0.29, 0.717) is 0 Å². The third kappa shape index (κ3) is 3.94. The number of benzene rings is 4. The Labute approximate surface area is 187 Å². The molecule has 0 saturated carbocycles. The van der Waals surface area contributed by atoms with E-state index in [-0.39, 0.29) is 0 Å².